The Morgan fingerprint density at radius 3 is 2.64 bits per heavy atom. The van der Waals surface area contributed by atoms with E-state index in [2.05, 4.69) is 41.3 Å². The number of alkyl halides is 1. The number of hydrogen-bond donors (Lipinski definition) is 2. The number of hydrogen-bond acceptors (Lipinski definition) is 4. The van der Waals surface area contributed by atoms with Gasteiger partial charge in [0.1, 0.15) is 18.3 Å². The highest BCUT2D eigenvalue weighted by Crippen LogP contribution is 2.61. The second-order valence-electron chi connectivity index (χ2n) is 12.8. The topological polar surface area (TPSA) is 74.5 Å². The molecule has 2 bridgehead atoms. The van der Waals surface area contributed by atoms with Crippen molar-refractivity contribution in [3.63, 3.8) is 0 Å². The van der Waals surface area contributed by atoms with Crippen molar-refractivity contribution in [2.75, 3.05) is 38.2 Å². The molecule has 2 aromatic carbocycles. The van der Waals surface area contributed by atoms with E-state index in [1.54, 1.807) is 6.07 Å². The molecule has 1 aromatic heterocycles. The number of rotatable bonds is 6. The zero-order chi connectivity index (χ0) is 29.6. The number of guanidine groups is 1. The standard InChI is InChI=1S/C32H39F3N6O/c1-19-26-13-21(32(26,2)3)14-28(19)39-31(40-10-8-36-9-11-40)38-23-6-7-25-29(16-23)37-18-41(30(25)42)24(17-33)12-20-4-5-22(34)15-27(20)35/h4-7,15-16,18-19,21,24,26,28,36H,8-14,17H2,1-3H3,(H,38,39)/t19-,21+,24?,26-,28?/m0/s1. The molecule has 4 aliphatic rings. The molecule has 1 aliphatic heterocycles. The van der Waals surface area contributed by atoms with Gasteiger partial charge in [-0.15, -0.1) is 0 Å². The van der Waals surface area contributed by atoms with E-state index in [-0.39, 0.29) is 18.0 Å². The molecule has 3 aliphatic carbocycles. The number of nitrogens with one attached hydrogen (secondary N) is 2. The van der Waals surface area contributed by atoms with Gasteiger partial charge in [-0.1, -0.05) is 26.8 Å². The summed E-state index contributed by atoms with van der Waals surface area (Å²) in [5.74, 6) is 1.27. The lowest BCUT2D eigenvalue weighted by Gasteiger charge is -2.61. The number of aromatic nitrogens is 2. The second-order valence-corrected chi connectivity index (χ2v) is 12.8. The Morgan fingerprint density at radius 1 is 1.17 bits per heavy atom. The van der Waals surface area contributed by atoms with Crippen molar-refractivity contribution in [3.05, 3.63) is 70.3 Å². The van der Waals surface area contributed by atoms with Gasteiger partial charge in [-0.2, -0.15) is 0 Å². The van der Waals surface area contributed by atoms with Crippen LogP contribution in [-0.2, 0) is 6.42 Å². The minimum atomic E-state index is -0.965. The Labute approximate surface area is 244 Å². The highest BCUT2D eigenvalue weighted by molar-refractivity contribution is 5.96. The summed E-state index contributed by atoms with van der Waals surface area (Å²) in [5, 5.41) is 7.28. The van der Waals surface area contributed by atoms with Crippen molar-refractivity contribution in [1.29, 1.82) is 0 Å². The molecule has 2 unspecified atom stereocenters. The highest BCUT2D eigenvalue weighted by Gasteiger charge is 2.56. The van der Waals surface area contributed by atoms with Crippen LogP contribution in [0.3, 0.4) is 0 Å². The quantitative estimate of drug-likeness (QED) is 0.311. The molecular weight excluding hydrogens is 541 g/mol. The molecule has 2 heterocycles. The SMILES string of the molecule is C[C@@H]1C(N=C(Nc2ccc3c(=O)n(C(CF)Cc4ccc(F)cc4F)cnc3c2)N2CCNCC2)C[C@H]2C[C@@H]1C2(C)C. The van der Waals surface area contributed by atoms with Gasteiger partial charge < -0.3 is 15.5 Å². The molecule has 10 heteroatoms. The van der Waals surface area contributed by atoms with E-state index >= 15 is 0 Å². The van der Waals surface area contributed by atoms with Gasteiger partial charge in [-0.25, -0.2) is 23.1 Å². The number of fused-ring (bicyclic) bond motifs is 3. The van der Waals surface area contributed by atoms with Crippen molar-refractivity contribution in [3.8, 4) is 0 Å². The molecule has 4 fully saturated rings. The van der Waals surface area contributed by atoms with Crippen LogP contribution in [0.5, 0.6) is 0 Å². The maximum atomic E-state index is 14.2. The minimum absolute atomic E-state index is 0.0989. The monoisotopic (exact) mass is 580 g/mol. The Hall–Kier alpha value is -3.40. The number of anilines is 1. The molecular formula is C32H39F3N6O. The predicted octanol–water partition coefficient (Wildman–Crippen LogP) is 5.17. The van der Waals surface area contributed by atoms with Gasteiger partial charge in [0.15, 0.2) is 5.96 Å². The van der Waals surface area contributed by atoms with E-state index < -0.39 is 29.9 Å². The van der Waals surface area contributed by atoms with Gasteiger partial charge in [0.2, 0.25) is 0 Å². The van der Waals surface area contributed by atoms with E-state index in [1.807, 2.05) is 12.1 Å². The van der Waals surface area contributed by atoms with Gasteiger partial charge in [0.25, 0.3) is 5.56 Å². The molecule has 2 N–H and O–H groups in total. The average Bonchev–Trinajstić information content (AvgIpc) is 2.98. The zero-order valence-electron chi connectivity index (χ0n) is 24.4. The first-order chi connectivity index (χ1) is 20.2. The smallest absolute Gasteiger partial charge is 0.261 e. The van der Waals surface area contributed by atoms with Crippen LogP contribution >= 0.6 is 0 Å². The summed E-state index contributed by atoms with van der Waals surface area (Å²) in [7, 11) is 0. The Bertz CT molecular complexity index is 1550. The summed E-state index contributed by atoms with van der Waals surface area (Å²) in [5.41, 5.74) is 1.36. The molecule has 0 radical (unpaired) electrons. The fourth-order valence-corrected chi connectivity index (χ4v) is 7.29. The molecule has 1 saturated heterocycles. The molecule has 7 nitrogen and oxygen atoms in total. The van der Waals surface area contributed by atoms with E-state index in [0.717, 1.165) is 56.4 Å². The van der Waals surface area contributed by atoms with Crippen molar-refractivity contribution < 1.29 is 13.2 Å². The summed E-state index contributed by atoms with van der Waals surface area (Å²) in [4.78, 5) is 25.4. The molecule has 42 heavy (non-hydrogen) atoms. The summed E-state index contributed by atoms with van der Waals surface area (Å²) in [6.45, 7) is 9.70. The second kappa shape index (κ2) is 11.4. The largest absolute Gasteiger partial charge is 0.340 e. The highest BCUT2D eigenvalue weighted by atomic mass is 19.1. The molecule has 224 valence electrons. The molecule has 7 rings (SSSR count). The van der Waals surface area contributed by atoms with Crippen LogP contribution in [0.4, 0.5) is 18.9 Å². The van der Waals surface area contributed by atoms with E-state index in [1.165, 1.54) is 23.4 Å². The molecule has 5 atom stereocenters. The van der Waals surface area contributed by atoms with E-state index in [0.29, 0.717) is 34.1 Å². The lowest BCUT2D eigenvalue weighted by atomic mass is 9.45. The van der Waals surface area contributed by atoms with Gasteiger partial charge in [-0.3, -0.25) is 9.36 Å². The van der Waals surface area contributed by atoms with Crippen LogP contribution in [0, 0.1) is 34.8 Å². The average molecular weight is 581 g/mol. The lowest BCUT2D eigenvalue weighted by molar-refractivity contribution is -0.108. The minimum Gasteiger partial charge on any atom is -0.340 e. The van der Waals surface area contributed by atoms with Gasteiger partial charge in [0, 0.05) is 37.9 Å². The van der Waals surface area contributed by atoms with Crippen molar-refractivity contribution in [2.45, 2.75) is 52.1 Å². The first-order valence-electron chi connectivity index (χ1n) is 15.0. The maximum absolute atomic E-state index is 14.2. The van der Waals surface area contributed by atoms with Crippen LogP contribution in [0.15, 0.2) is 52.5 Å². The fourth-order valence-electron chi connectivity index (χ4n) is 7.29. The zero-order valence-corrected chi connectivity index (χ0v) is 24.4. The Balaban J connectivity index is 1.26. The Morgan fingerprint density at radius 2 is 1.95 bits per heavy atom. The molecule has 3 saturated carbocycles. The van der Waals surface area contributed by atoms with Crippen LogP contribution in [0.2, 0.25) is 0 Å². The summed E-state index contributed by atoms with van der Waals surface area (Å²) >= 11 is 0. The third-order valence-electron chi connectivity index (χ3n) is 10.1. The van der Waals surface area contributed by atoms with Crippen LogP contribution < -0.4 is 16.2 Å². The molecule has 3 aromatic rings. The number of nitrogens with zero attached hydrogens (tertiary/aromatic N) is 4. The van der Waals surface area contributed by atoms with Crippen molar-refractivity contribution in [2.24, 2.45) is 28.2 Å². The number of aliphatic imine (C=N–C) groups is 1. The van der Waals surface area contributed by atoms with Crippen molar-refractivity contribution in [1.82, 2.24) is 19.8 Å². The lowest BCUT2D eigenvalue weighted by Crippen LogP contribution is -2.57. The summed E-state index contributed by atoms with van der Waals surface area (Å²) in [6, 6.07) is 7.78. The Kier molecular flexibility index (Phi) is 7.76. The fraction of sp³-hybridized carbons (Fsp3) is 0.531. The number of halogens is 3. The van der Waals surface area contributed by atoms with Crippen molar-refractivity contribution >= 4 is 22.5 Å². The van der Waals surface area contributed by atoms with Gasteiger partial charge in [0.05, 0.1) is 29.3 Å². The number of benzene rings is 2. The first-order valence-corrected chi connectivity index (χ1v) is 15.0. The number of piperazine rings is 1. The van der Waals surface area contributed by atoms with Crippen LogP contribution in [-0.4, -0.2) is 59.3 Å². The normalized spacial score (nSPS) is 26.1. The summed E-state index contributed by atoms with van der Waals surface area (Å²) < 4.78 is 42.8. The maximum Gasteiger partial charge on any atom is 0.261 e. The molecule has 0 amide bonds. The van der Waals surface area contributed by atoms with E-state index in [9.17, 15) is 18.0 Å². The summed E-state index contributed by atoms with van der Waals surface area (Å²) in [6.07, 6.45) is 3.60. The first kappa shape index (κ1) is 28.7. The predicted molar refractivity (Wildman–Crippen MR) is 160 cm³/mol. The van der Waals surface area contributed by atoms with Crippen LogP contribution in [0.25, 0.3) is 10.9 Å². The van der Waals surface area contributed by atoms with Gasteiger partial charge >= 0.3 is 0 Å². The van der Waals surface area contributed by atoms with Gasteiger partial charge in [-0.05, 0) is 72.3 Å². The van der Waals surface area contributed by atoms with E-state index in [4.69, 9.17) is 4.99 Å². The van der Waals surface area contributed by atoms with Crippen LogP contribution in [0.1, 0.15) is 45.2 Å². The molecule has 0 spiro atoms. The third-order valence-corrected chi connectivity index (χ3v) is 10.1. The third kappa shape index (κ3) is 5.29.